The summed E-state index contributed by atoms with van der Waals surface area (Å²) in [5.74, 6) is 0.776. The summed E-state index contributed by atoms with van der Waals surface area (Å²) in [5, 5.41) is 5.08. The van der Waals surface area contributed by atoms with Gasteiger partial charge < -0.3 is 15.0 Å². The fraction of sp³-hybridized carbons (Fsp3) is 0.714. The van der Waals surface area contributed by atoms with E-state index in [1.165, 1.54) is 4.88 Å². The number of hydrogen-bond donors (Lipinski definition) is 1. The van der Waals surface area contributed by atoms with Gasteiger partial charge in [0.05, 0.1) is 11.7 Å². The van der Waals surface area contributed by atoms with E-state index in [9.17, 15) is 9.59 Å². The first-order chi connectivity index (χ1) is 13.0. The van der Waals surface area contributed by atoms with E-state index >= 15 is 0 Å². The van der Waals surface area contributed by atoms with Crippen LogP contribution in [0, 0.1) is 5.92 Å². The molecule has 1 aromatic rings. The van der Waals surface area contributed by atoms with Crippen molar-refractivity contribution in [2.24, 2.45) is 5.92 Å². The second-order valence-corrected chi connectivity index (χ2v) is 9.36. The third-order valence-electron chi connectivity index (χ3n) is 5.65. The van der Waals surface area contributed by atoms with Crippen molar-refractivity contribution in [2.45, 2.75) is 70.5 Å². The van der Waals surface area contributed by atoms with Gasteiger partial charge in [-0.25, -0.2) is 0 Å². The number of amides is 2. The molecule has 150 valence electrons. The molecule has 5 nitrogen and oxygen atoms in total. The van der Waals surface area contributed by atoms with E-state index in [4.69, 9.17) is 4.74 Å². The Kier molecular flexibility index (Phi) is 6.93. The number of aryl methyl sites for hydroxylation is 1. The molecule has 0 aliphatic carbocycles. The van der Waals surface area contributed by atoms with Crippen LogP contribution in [0.15, 0.2) is 17.5 Å². The van der Waals surface area contributed by atoms with Crippen molar-refractivity contribution in [2.75, 3.05) is 19.6 Å². The molecule has 0 unspecified atom stereocenters. The molecule has 27 heavy (non-hydrogen) atoms. The van der Waals surface area contributed by atoms with E-state index in [0.29, 0.717) is 25.3 Å². The number of likely N-dealkylation sites (tertiary alicyclic amines) is 1. The van der Waals surface area contributed by atoms with E-state index < -0.39 is 0 Å². The van der Waals surface area contributed by atoms with Crippen molar-refractivity contribution >= 4 is 23.2 Å². The van der Waals surface area contributed by atoms with Gasteiger partial charge in [-0.2, -0.15) is 0 Å². The summed E-state index contributed by atoms with van der Waals surface area (Å²) < 4.78 is 6.35. The molecule has 1 aromatic heterocycles. The van der Waals surface area contributed by atoms with Crippen LogP contribution in [0.5, 0.6) is 0 Å². The van der Waals surface area contributed by atoms with Gasteiger partial charge in [-0.05, 0) is 49.5 Å². The average molecular weight is 393 g/mol. The Balaban J connectivity index is 1.36. The van der Waals surface area contributed by atoms with E-state index in [2.05, 4.69) is 25.2 Å². The predicted octanol–water partition coefficient (Wildman–Crippen LogP) is 3.38. The van der Waals surface area contributed by atoms with E-state index in [1.807, 2.05) is 16.3 Å². The Hall–Kier alpha value is -1.40. The minimum Gasteiger partial charge on any atom is -0.370 e. The van der Waals surface area contributed by atoms with Crippen LogP contribution in [0.3, 0.4) is 0 Å². The molecule has 1 N–H and O–H groups in total. The molecule has 2 fully saturated rings. The Morgan fingerprint density at radius 1 is 1.33 bits per heavy atom. The monoisotopic (exact) mass is 392 g/mol. The van der Waals surface area contributed by atoms with Crippen molar-refractivity contribution in [3.05, 3.63) is 22.4 Å². The van der Waals surface area contributed by atoms with Crippen LogP contribution in [0.4, 0.5) is 0 Å². The predicted molar refractivity (Wildman–Crippen MR) is 108 cm³/mol. The van der Waals surface area contributed by atoms with Gasteiger partial charge in [0.2, 0.25) is 11.8 Å². The largest absolute Gasteiger partial charge is 0.370 e. The number of piperidine rings is 1. The molecule has 0 radical (unpaired) electrons. The maximum Gasteiger partial charge on any atom is 0.222 e. The molecule has 0 saturated carbocycles. The normalized spacial score (nSPS) is 21.7. The lowest BCUT2D eigenvalue weighted by Crippen LogP contribution is -2.47. The van der Waals surface area contributed by atoms with Crippen molar-refractivity contribution in [1.29, 1.82) is 0 Å². The lowest BCUT2D eigenvalue weighted by molar-refractivity contribution is -0.138. The molecule has 1 atom stereocenters. The molecular weight excluding hydrogens is 360 g/mol. The Morgan fingerprint density at radius 3 is 2.78 bits per heavy atom. The standard InChI is InChI=1S/C21H32N2O3S/c1-16(2)14-20(25)23-11-9-21(10-12-23)8-7-17(26-21)15-22-19(24)6-5-18-4-3-13-27-18/h3-4,13,16-17H,5-12,14-15H2,1-2H3,(H,22,24)/t17-/m0/s1. The second-order valence-electron chi connectivity index (χ2n) is 8.32. The molecule has 1 spiro atoms. The molecule has 2 aliphatic heterocycles. The lowest BCUT2D eigenvalue weighted by atomic mass is 9.88. The van der Waals surface area contributed by atoms with Crippen LogP contribution >= 0.6 is 11.3 Å². The summed E-state index contributed by atoms with van der Waals surface area (Å²) in [7, 11) is 0. The van der Waals surface area contributed by atoms with Gasteiger partial charge in [-0.15, -0.1) is 11.3 Å². The SMILES string of the molecule is CC(C)CC(=O)N1CCC2(CC[C@@H](CNC(=O)CCc3cccs3)O2)CC1. The summed E-state index contributed by atoms with van der Waals surface area (Å²) in [6.45, 7) is 6.36. The van der Waals surface area contributed by atoms with Crippen LogP contribution in [0.1, 0.15) is 57.2 Å². The third kappa shape index (κ3) is 5.79. The number of carbonyl (C=O) groups excluding carboxylic acids is 2. The van der Waals surface area contributed by atoms with E-state index in [1.54, 1.807) is 11.3 Å². The molecular formula is C21H32N2O3S. The van der Waals surface area contributed by atoms with Gasteiger partial charge in [-0.1, -0.05) is 19.9 Å². The summed E-state index contributed by atoms with van der Waals surface area (Å²) in [6, 6.07) is 4.09. The Bertz CT molecular complexity index is 621. The highest BCUT2D eigenvalue weighted by Crippen LogP contribution is 2.38. The number of nitrogens with one attached hydrogen (secondary N) is 1. The maximum absolute atomic E-state index is 12.2. The first-order valence-electron chi connectivity index (χ1n) is 10.2. The van der Waals surface area contributed by atoms with E-state index in [0.717, 1.165) is 45.2 Å². The molecule has 3 rings (SSSR count). The number of hydrogen-bond acceptors (Lipinski definition) is 4. The molecule has 0 bridgehead atoms. The number of ether oxygens (including phenoxy) is 1. The van der Waals surface area contributed by atoms with Gasteiger partial charge >= 0.3 is 0 Å². The minimum absolute atomic E-state index is 0.0824. The van der Waals surface area contributed by atoms with Crippen LogP contribution in [0.2, 0.25) is 0 Å². The Morgan fingerprint density at radius 2 is 2.11 bits per heavy atom. The topological polar surface area (TPSA) is 58.6 Å². The molecule has 6 heteroatoms. The number of thiophene rings is 1. The smallest absolute Gasteiger partial charge is 0.222 e. The average Bonchev–Trinajstić information content (AvgIpc) is 3.28. The number of carbonyl (C=O) groups is 2. The van der Waals surface area contributed by atoms with Gasteiger partial charge in [0.1, 0.15) is 0 Å². The van der Waals surface area contributed by atoms with E-state index in [-0.39, 0.29) is 23.5 Å². The van der Waals surface area contributed by atoms with Crippen molar-refractivity contribution < 1.29 is 14.3 Å². The van der Waals surface area contributed by atoms with Crippen LogP contribution < -0.4 is 5.32 Å². The zero-order valence-electron chi connectivity index (χ0n) is 16.5. The zero-order valence-corrected chi connectivity index (χ0v) is 17.4. The second kappa shape index (κ2) is 9.20. The maximum atomic E-state index is 12.2. The molecule has 3 heterocycles. The zero-order chi connectivity index (χ0) is 19.3. The summed E-state index contributed by atoms with van der Waals surface area (Å²) in [6.07, 6.45) is 5.94. The third-order valence-corrected chi connectivity index (χ3v) is 6.59. The fourth-order valence-electron chi connectivity index (χ4n) is 4.06. The highest BCUT2D eigenvalue weighted by Gasteiger charge is 2.43. The molecule has 0 aromatic carbocycles. The summed E-state index contributed by atoms with van der Waals surface area (Å²) >= 11 is 1.70. The summed E-state index contributed by atoms with van der Waals surface area (Å²) in [4.78, 5) is 27.5. The van der Waals surface area contributed by atoms with Gasteiger partial charge in [0, 0.05) is 37.4 Å². The van der Waals surface area contributed by atoms with Crippen LogP contribution in [0.25, 0.3) is 0 Å². The number of nitrogens with zero attached hydrogens (tertiary/aromatic N) is 1. The molecule has 2 aliphatic rings. The van der Waals surface area contributed by atoms with Crippen molar-refractivity contribution in [1.82, 2.24) is 10.2 Å². The van der Waals surface area contributed by atoms with Gasteiger partial charge in [-0.3, -0.25) is 9.59 Å². The Labute approximate surface area is 166 Å². The van der Waals surface area contributed by atoms with Crippen LogP contribution in [-0.2, 0) is 20.7 Å². The summed E-state index contributed by atoms with van der Waals surface area (Å²) in [5.41, 5.74) is -0.0824. The first kappa shape index (κ1) is 20.3. The highest BCUT2D eigenvalue weighted by atomic mass is 32.1. The first-order valence-corrected chi connectivity index (χ1v) is 11.1. The number of rotatable bonds is 7. The van der Waals surface area contributed by atoms with Crippen molar-refractivity contribution in [3.8, 4) is 0 Å². The lowest BCUT2D eigenvalue weighted by Gasteiger charge is -2.39. The molecule has 2 saturated heterocycles. The minimum atomic E-state index is -0.0824. The van der Waals surface area contributed by atoms with Gasteiger partial charge in [0.25, 0.3) is 0 Å². The fourth-order valence-corrected chi connectivity index (χ4v) is 4.77. The molecule has 2 amide bonds. The van der Waals surface area contributed by atoms with Crippen molar-refractivity contribution in [3.63, 3.8) is 0 Å². The van der Waals surface area contributed by atoms with Crippen LogP contribution in [-0.4, -0.2) is 48.1 Å². The quantitative estimate of drug-likeness (QED) is 0.774. The highest BCUT2D eigenvalue weighted by molar-refractivity contribution is 7.09. The van der Waals surface area contributed by atoms with Gasteiger partial charge in [0.15, 0.2) is 0 Å².